The lowest BCUT2D eigenvalue weighted by molar-refractivity contribution is -0.0757. The van der Waals surface area contributed by atoms with Crippen molar-refractivity contribution in [1.82, 2.24) is 4.90 Å². The molecule has 1 amide bonds. The Balaban J connectivity index is 2.55. The number of hydrogen-bond acceptors (Lipinski definition) is 4. The van der Waals surface area contributed by atoms with Gasteiger partial charge in [0, 0.05) is 6.54 Å². The first-order valence-corrected chi connectivity index (χ1v) is 5.65. The fraction of sp³-hybridized carbons (Fsp3) is 0.909. The molecule has 1 fully saturated rings. The summed E-state index contributed by atoms with van der Waals surface area (Å²) >= 11 is 0. The van der Waals surface area contributed by atoms with Gasteiger partial charge in [-0.15, -0.1) is 0 Å². The van der Waals surface area contributed by atoms with Crippen LogP contribution < -0.4 is 5.73 Å². The smallest absolute Gasteiger partial charge is 0.410 e. The Morgan fingerprint density at radius 1 is 1.50 bits per heavy atom. The van der Waals surface area contributed by atoms with Crippen LogP contribution in [-0.4, -0.2) is 48.4 Å². The number of ether oxygens (including phenoxy) is 2. The van der Waals surface area contributed by atoms with Crippen LogP contribution in [0.4, 0.5) is 4.79 Å². The number of carbonyl (C=O) groups is 1. The number of hydrogen-bond donors (Lipinski definition) is 1. The molecule has 1 aliphatic heterocycles. The Morgan fingerprint density at radius 3 is 2.62 bits per heavy atom. The molecule has 0 aromatic rings. The molecule has 1 unspecified atom stereocenters. The van der Waals surface area contributed by atoms with Gasteiger partial charge in [-0.2, -0.15) is 0 Å². The van der Waals surface area contributed by atoms with E-state index in [9.17, 15) is 4.79 Å². The van der Waals surface area contributed by atoms with E-state index in [2.05, 4.69) is 0 Å². The molecule has 0 radical (unpaired) electrons. The second kappa shape index (κ2) is 5.01. The Morgan fingerprint density at radius 2 is 2.12 bits per heavy atom. The zero-order chi connectivity index (χ0) is 12.3. The first-order valence-electron chi connectivity index (χ1n) is 5.65. The molecule has 1 aliphatic rings. The largest absolute Gasteiger partial charge is 0.444 e. The van der Waals surface area contributed by atoms with E-state index in [0.29, 0.717) is 19.6 Å². The molecule has 1 rings (SSSR count). The molecule has 0 bridgehead atoms. The third kappa shape index (κ3) is 3.98. The predicted octanol–water partition coefficient (Wildman–Crippen LogP) is 0.970. The second-order valence-corrected chi connectivity index (χ2v) is 5.19. The van der Waals surface area contributed by atoms with Crippen molar-refractivity contribution >= 4 is 6.09 Å². The molecule has 0 aromatic heterocycles. The summed E-state index contributed by atoms with van der Waals surface area (Å²) in [5.74, 6) is 0. The number of morpholine rings is 1. The Bertz CT molecular complexity index is 250. The van der Waals surface area contributed by atoms with Crippen molar-refractivity contribution < 1.29 is 14.3 Å². The van der Waals surface area contributed by atoms with Crippen molar-refractivity contribution in [3.8, 4) is 0 Å². The normalized spacial score (nSPS) is 26.7. The molecule has 5 nitrogen and oxygen atoms in total. The van der Waals surface area contributed by atoms with Gasteiger partial charge in [0.05, 0.1) is 25.3 Å². The van der Waals surface area contributed by atoms with Crippen molar-refractivity contribution in [3.63, 3.8) is 0 Å². The minimum Gasteiger partial charge on any atom is -0.444 e. The third-order valence-corrected chi connectivity index (χ3v) is 2.24. The van der Waals surface area contributed by atoms with Crippen molar-refractivity contribution in [3.05, 3.63) is 0 Å². The molecule has 0 spiro atoms. The molecule has 94 valence electrons. The van der Waals surface area contributed by atoms with Gasteiger partial charge in [0.1, 0.15) is 5.60 Å². The van der Waals surface area contributed by atoms with E-state index in [1.165, 1.54) is 0 Å². The number of nitrogens with zero attached hydrogens (tertiary/aromatic N) is 1. The van der Waals surface area contributed by atoms with Gasteiger partial charge in [0.25, 0.3) is 0 Å². The van der Waals surface area contributed by atoms with E-state index in [-0.39, 0.29) is 18.3 Å². The van der Waals surface area contributed by atoms with Gasteiger partial charge in [-0.1, -0.05) is 0 Å². The van der Waals surface area contributed by atoms with Gasteiger partial charge in [-0.3, -0.25) is 0 Å². The van der Waals surface area contributed by atoms with Crippen LogP contribution in [0.3, 0.4) is 0 Å². The van der Waals surface area contributed by atoms with E-state index in [4.69, 9.17) is 15.2 Å². The Kier molecular flexibility index (Phi) is 4.15. The van der Waals surface area contributed by atoms with Gasteiger partial charge in [0.15, 0.2) is 0 Å². The quantitative estimate of drug-likeness (QED) is 0.729. The van der Waals surface area contributed by atoms with E-state index in [1.54, 1.807) is 4.90 Å². The maximum atomic E-state index is 11.8. The minimum atomic E-state index is -0.461. The van der Waals surface area contributed by atoms with Crippen molar-refractivity contribution in [2.45, 2.75) is 45.5 Å². The molecular formula is C11H22N2O3. The predicted molar refractivity (Wildman–Crippen MR) is 61.2 cm³/mol. The van der Waals surface area contributed by atoms with Crippen LogP contribution in [-0.2, 0) is 9.47 Å². The van der Waals surface area contributed by atoms with Gasteiger partial charge in [-0.05, 0) is 27.7 Å². The number of carbonyl (C=O) groups excluding carboxylic acids is 1. The molecule has 0 saturated carbocycles. The fourth-order valence-electron chi connectivity index (χ4n) is 1.65. The lowest BCUT2D eigenvalue weighted by Gasteiger charge is -2.37. The van der Waals surface area contributed by atoms with Gasteiger partial charge in [0.2, 0.25) is 0 Å². The summed E-state index contributed by atoms with van der Waals surface area (Å²) < 4.78 is 10.9. The van der Waals surface area contributed by atoms with E-state index in [0.717, 1.165) is 0 Å². The highest BCUT2D eigenvalue weighted by Gasteiger charge is 2.30. The Labute approximate surface area is 96.9 Å². The van der Waals surface area contributed by atoms with Gasteiger partial charge in [-0.25, -0.2) is 4.79 Å². The number of rotatable bonds is 1. The van der Waals surface area contributed by atoms with Crippen molar-refractivity contribution in [2.75, 3.05) is 19.6 Å². The standard InChI is InChI=1S/C11H22N2O3/c1-8-6-13(7-9(5-12)15-8)10(14)16-11(2,3)4/h8-9H,5-7,12H2,1-4H3/t8-,9?/m0/s1. The van der Waals surface area contributed by atoms with E-state index >= 15 is 0 Å². The van der Waals surface area contributed by atoms with Gasteiger partial charge >= 0.3 is 6.09 Å². The topological polar surface area (TPSA) is 64.8 Å². The summed E-state index contributed by atoms with van der Waals surface area (Å²) in [5, 5.41) is 0. The maximum absolute atomic E-state index is 11.8. The SMILES string of the molecule is C[C@H]1CN(C(=O)OC(C)(C)C)CC(CN)O1. The second-order valence-electron chi connectivity index (χ2n) is 5.19. The van der Waals surface area contributed by atoms with Crippen LogP contribution in [0.25, 0.3) is 0 Å². The number of nitrogens with two attached hydrogens (primary N) is 1. The van der Waals surface area contributed by atoms with Crippen molar-refractivity contribution in [2.24, 2.45) is 5.73 Å². The summed E-state index contributed by atoms with van der Waals surface area (Å²) in [6.07, 6.45) is -0.368. The highest BCUT2D eigenvalue weighted by molar-refractivity contribution is 5.68. The molecule has 16 heavy (non-hydrogen) atoms. The zero-order valence-corrected chi connectivity index (χ0v) is 10.5. The van der Waals surface area contributed by atoms with Gasteiger partial charge < -0.3 is 20.1 Å². The Hall–Kier alpha value is -0.810. The molecule has 2 atom stereocenters. The van der Waals surface area contributed by atoms with Crippen LogP contribution in [0.2, 0.25) is 0 Å². The van der Waals surface area contributed by atoms with E-state index < -0.39 is 5.60 Å². The maximum Gasteiger partial charge on any atom is 0.410 e. The summed E-state index contributed by atoms with van der Waals surface area (Å²) in [7, 11) is 0. The van der Waals surface area contributed by atoms with Crippen molar-refractivity contribution in [1.29, 1.82) is 0 Å². The first-order chi connectivity index (χ1) is 7.31. The lowest BCUT2D eigenvalue weighted by Crippen LogP contribution is -2.52. The monoisotopic (exact) mass is 230 g/mol. The summed E-state index contributed by atoms with van der Waals surface area (Å²) in [6.45, 7) is 8.99. The van der Waals surface area contributed by atoms with E-state index in [1.807, 2.05) is 27.7 Å². The van der Waals surface area contributed by atoms with Crippen LogP contribution in [0.5, 0.6) is 0 Å². The average Bonchev–Trinajstić information content (AvgIpc) is 2.14. The van der Waals surface area contributed by atoms with Crippen LogP contribution in [0.1, 0.15) is 27.7 Å². The molecule has 2 N–H and O–H groups in total. The van der Waals surface area contributed by atoms with Crippen LogP contribution in [0.15, 0.2) is 0 Å². The molecule has 0 aliphatic carbocycles. The highest BCUT2D eigenvalue weighted by Crippen LogP contribution is 2.15. The molecular weight excluding hydrogens is 208 g/mol. The summed E-state index contributed by atoms with van der Waals surface area (Å²) in [4.78, 5) is 13.5. The zero-order valence-electron chi connectivity index (χ0n) is 10.5. The first kappa shape index (κ1) is 13.3. The molecule has 5 heteroatoms. The summed E-state index contributed by atoms with van der Waals surface area (Å²) in [6, 6.07) is 0. The number of amides is 1. The van der Waals surface area contributed by atoms with Crippen LogP contribution in [0, 0.1) is 0 Å². The molecule has 1 heterocycles. The van der Waals surface area contributed by atoms with Crippen LogP contribution >= 0.6 is 0 Å². The minimum absolute atomic E-state index is 0.00909. The fourth-order valence-corrected chi connectivity index (χ4v) is 1.65. The summed E-state index contributed by atoms with van der Waals surface area (Å²) in [5.41, 5.74) is 5.09. The molecule has 1 saturated heterocycles. The average molecular weight is 230 g/mol. The molecule has 0 aromatic carbocycles. The third-order valence-electron chi connectivity index (χ3n) is 2.24. The lowest BCUT2D eigenvalue weighted by atomic mass is 10.2. The highest BCUT2D eigenvalue weighted by atomic mass is 16.6.